The number of hydrogen-bond acceptors (Lipinski definition) is 3. The number of ether oxygens (including phenoxy) is 1. The van der Waals surface area contributed by atoms with Crippen LogP contribution in [0, 0.1) is 0 Å². The third-order valence-corrected chi connectivity index (χ3v) is 5.98. The van der Waals surface area contributed by atoms with Crippen molar-refractivity contribution in [1.29, 1.82) is 0 Å². The second-order valence-electron chi connectivity index (χ2n) is 7.57. The van der Waals surface area contributed by atoms with Gasteiger partial charge in [0.2, 0.25) is 0 Å². The van der Waals surface area contributed by atoms with Crippen molar-refractivity contribution in [2.24, 2.45) is 0 Å². The molecule has 0 spiro atoms. The number of nitrogens with zero attached hydrogens (tertiary/aromatic N) is 3. The van der Waals surface area contributed by atoms with E-state index in [9.17, 15) is 0 Å². The van der Waals surface area contributed by atoms with E-state index in [-0.39, 0.29) is 0 Å². The number of hydrogen-bond donors (Lipinski definition) is 0. The van der Waals surface area contributed by atoms with E-state index >= 15 is 0 Å². The summed E-state index contributed by atoms with van der Waals surface area (Å²) in [5.41, 5.74) is 7.16. The first kappa shape index (κ1) is 17.9. The first-order chi connectivity index (χ1) is 13.8. The zero-order valence-electron chi connectivity index (χ0n) is 15.9. The van der Waals surface area contributed by atoms with Gasteiger partial charge in [-0.2, -0.15) is 0 Å². The van der Waals surface area contributed by atoms with Gasteiger partial charge in [0, 0.05) is 36.4 Å². The van der Waals surface area contributed by atoms with Crippen molar-refractivity contribution in [3.63, 3.8) is 0 Å². The third-order valence-electron chi connectivity index (χ3n) is 5.72. The van der Waals surface area contributed by atoms with Crippen LogP contribution in [0.15, 0.2) is 48.7 Å². The molecule has 144 valence electrons. The first-order valence-corrected chi connectivity index (χ1v) is 10.4. The Bertz CT molecular complexity index is 1020. The molecular weight excluding hydrogens is 370 g/mol. The number of pyridine rings is 1. The Kier molecular flexibility index (Phi) is 4.93. The Labute approximate surface area is 170 Å². The summed E-state index contributed by atoms with van der Waals surface area (Å²) in [7, 11) is 0. The molecule has 4 nitrogen and oxygen atoms in total. The van der Waals surface area contributed by atoms with Gasteiger partial charge in [-0.05, 0) is 54.7 Å². The van der Waals surface area contributed by atoms with Crippen LogP contribution >= 0.6 is 11.6 Å². The van der Waals surface area contributed by atoms with Gasteiger partial charge in [0.05, 0.1) is 24.6 Å². The Morgan fingerprint density at radius 3 is 2.54 bits per heavy atom. The topological polar surface area (TPSA) is 29.8 Å². The third kappa shape index (κ3) is 3.48. The molecule has 2 aromatic heterocycles. The number of fused-ring (bicyclic) bond motifs is 1. The molecule has 5 heteroatoms. The Hall–Kier alpha value is -2.14. The highest BCUT2D eigenvalue weighted by Gasteiger charge is 2.20. The van der Waals surface area contributed by atoms with Crippen molar-refractivity contribution in [1.82, 2.24) is 14.3 Å². The van der Waals surface area contributed by atoms with Crippen LogP contribution in [0.25, 0.3) is 22.5 Å². The van der Waals surface area contributed by atoms with E-state index in [2.05, 4.69) is 45.8 Å². The molecule has 0 unspecified atom stereocenters. The molecule has 5 rings (SSSR count). The highest BCUT2D eigenvalue weighted by molar-refractivity contribution is 6.30. The highest BCUT2D eigenvalue weighted by atomic mass is 35.5. The minimum atomic E-state index is 0.748. The van der Waals surface area contributed by atoms with Gasteiger partial charge < -0.3 is 9.14 Å². The minimum Gasteiger partial charge on any atom is -0.379 e. The SMILES string of the molecule is Clc1ccc(-c2nc3ccc(C4=CCCC4)cn3c2CN2CCOCC2)cc1. The zero-order valence-corrected chi connectivity index (χ0v) is 16.7. The van der Waals surface area contributed by atoms with Crippen molar-refractivity contribution >= 4 is 22.8 Å². The predicted octanol–water partition coefficient (Wildman–Crippen LogP) is 5.05. The molecule has 1 saturated heterocycles. The van der Waals surface area contributed by atoms with Crippen molar-refractivity contribution in [2.75, 3.05) is 26.3 Å². The molecule has 3 heterocycles. The summed E-state index contributed by atoms with van der Waals surface area (Å²) in [6.07, 6.45) is 8.26. The molecular formula is C23H24ClN3O. The molecule has 0 bridgehead atoms. The molecule has 0 saturated carbocycles. The van der Waals surface area contributed by atoms with Gasteiger partial charge in [-0.15, -0.1) is 0 Å². The van der Waals surface area contributed by atoms with Crippen LogP contribution in [0.5, 0.6) is 0 Å². The molecule has 28 heavy (non-hydrogen) atoms. The van der Waals surface area contributed by atoms with Crippen LogP contribution in [-0.2, 0) is 11.3 Å². The summed E-state index contributed by atoms with van der Waals surface area (Å²) in [4.78, 5) is 7.44. The van der Waals surface area contributed by atoms with E-state index in [0.717, 1.165) is 54.8 Å². The molecule has 0 amide bonds. The molecule has 1 fully saturated rings. The van der Waals surface area contributed by atoms with E-state index in [1.165, 1.54) is 36.1 Å². The summed E-state index contributed by atoms with van der Waals surface area (Å²) < 4.78 is 7.82. The minimum absolute atomic E-state index is 0.748. The summed E-state index contributed by atoms with van der Waals surface area (Å²) in [6, 6.07) is 12.4. The smallest absolute Gasteiger partial charge is 0.137 e. The molecule has 1 aromatic carbocycles. The number of morpholine rings is 1. The molecule has 2 aliphatic rings. The van der Waals surface area contributed by atoms with Crippen LogP contribution in [0.2, 0.25) is 5.02 Å². The van der Waals surface area contributed by atoms with Crippen LogP contribution in [-0.4, -0.2) is 40.6 Å². The van der Waals surface area contributed by atoms with Crippen molar-refractivity contribution in [2.45, 2.75) is 25.8 Å². The lowest BCUT2D eigenvalue weighted by molar-refractivity contribution is 0.0336. The lowest BCUT2D eigenvalue weighted by Gasteiger charge is -2.26. The van der Waals surface area contributed by atoms with E-state index in [4.69, 9.17) is 21.3 Å². The Balaban J connectivity index is 1.62. The maximum absolute atomic E-state index is 6.11. The summed E-state index contributed by atoms with van der Waals surface area (Å²) in [5, 5.41) is 0.748. The number of benzene rings is 1. The van der Waals surface area contributed by atoms with Gasteiger partial charge in [0.15, 0.2) is 0 Å². The fourth-order valence-corrected chi connectivity index (χ4v) is 4.30. The Morgan fingerprint density at radius 1 is 1.00 bits per heavy atom. The highest BCUT2D eigenvalue weighted by Crippen LogP contribution is 2.31. The van der Waals surface area contributed by atoms with Crippen LogP contribution < -0.4 is 0 Å². The fraction of sp³-hybridized carbons (Fsp3) is 0.348. The molecule has 0 N–H and O–H groups in total. The lowest BCUT2D eigenvalue weighted by atomic mass is 10.1. The second-order valence-corrected chi connectivity index (χ2v) is 8.01. The fourth-order valence-electron chi connectivity index (χ4n) is 4.18. The summed E-state index contributed by atoms with van der Waals surface area (Å²) >= 11 is 6.11. The van der Waals surface area contributed by atoms with Gasteiger partial charge in [-0.25, -0.2) is 4.98 Å². The number of allylic oxidation sites excluding steroid dienone is 2. The van der Waals surface area contributed by atoms with Gasteiger partial charge in [-0.3, -0.25) is 4.90 Å². The molecule has 1 aliphatic heterocycles. The van der Waals surface area contributed by atoms with E-state index in [1.54, 1.807) is 0 Å². The van der Waals surface area contributed by atoms with Crippen molar-refractivity contribution in [3.05, 3.63) is 65.0 Å². The largest absolute Gasteiger partial charge is 0.379 e. The van der Waals surface area contributed by atoms with Gasteiger partial charge >= 0.3 is 0 Å². The Morgan fingerprint density at radius 2 is 1.79 bits per heavy atom. The van der Waals surface area contributed by atoms with E-state index in [1.807, 2.05) is 12.1 Å². The van der Waals surface area contributed by atoms with Crippen LogP contribution in [0.3, 0.4) is 0 Å². The van der Waals surface area contributed by atoms with E-state index < -0.39 is 0 Å². The van der Waals surface area contributed by atoms with E-state index in [0.29, 0.717) is 0 Å². The maximum atomic E-state index is 6.11. The first-order valence-electron chi connectivity index (χ1n) is 10.0. The monoisotopic (exact) mass is 393 g/mol. The van der Waals surface area contributed by atoms with Crippen molar-refractivity contribution in [3.8, 4) is 11.3 Å². The molecule has 0 atom stereocenters. The van der Waals surface area contributed by atoms with Crippen LogP contribution in [0.1, 0.15) is 30.5 Å². The second kappa shape index (κ2) is 7.70. The van der Waals surface area contributed by atoms with Gasteiger partial charge in [0.1, 0.15) is 5.65 Å². The standard InChI is InChI=1S/C23H24ClN3O/c24-20-8-5-18(6-9-20)23-21(16-26-11-13-28-14-12-26)27-15-19(7-10-22(27)25-23)17-3-1-2-4-17/h3,5-10,15H,1-2,4,11-14,16H2. The summed E-state index contributed by atoms with van der Waals surface area (Å²) in [6.45, 7) is 4.37. The van der Waals surface area contributed by atoms with Crippen molar-refractivity contribution < 1.29 is 4.74 Å². The predicted molar refractivity (Wildman–Crippen MR) is 114 cm³/mol. The molecule has 0 radical (unpaired) electrons. The van der Waals surface area contributed by atoms with Gasteiger partial charge in [0.25, 0.3) is 0 Å². The average molecular weight is 394 g/mol. The van der Waals surface area contributed by atoms with Gasteiger partial charge in [-0.1, -0.05) is 29.8 Å². The quantitative estimate of drug-likeness (QED) is 0.621. The van der Waals surface area contributed by atoms with Crippen LogP contribution in [0.4, 0.5) is 0 Å². The number of aromatic nitrogens is 2. The molecule has 1 aliphatic carbocycles. The maximum Gasteiger partial charge on any atom is 0.137 e. The lowest BCUT2D eigenvalue weighted by Crippen LogP contribution is -2.36. The average Bonchev–Trinajstić information content (AvgIpc) is 3.38. The normalized spacial score (nSPS) is 18.0. The molecule has 3 aromatic rings. The number of halogens is 1. The zero-order chi connectivity index (χ0) is 18.9. The summed E-state index contributed by atoms with van der Waals surface area (Å²) in [5.74, 6) is 0. The number of imidazole rings is 1. The number of rotatable bonds is 4.